The summed E-state index contributed by atoms with van der Waals surface area (Å²) in [4.78, 5) is 23.5. The number of pyridine rings is 1. The number of primary amides is 1. The Hall–Kier alpha value is -2.74. The van der Waals surface area contributed by atoms with Gasteiger partial charge in [-0.15, -0.1) is 0 Å². The van der Waals surface area contributed by atoms with Crippen molar-refractivity contribution in [3.63, 3.8) is 0 Å². The van der Waals surface area contributed by atoms with Gasteiger partial charge in [-0.05, 0) is 6.07 Å². The molecule has 120 valence electrons. The summed E-state index contributed by atoms with van der Waals surface area (Å²) in [6.45, 7) is 1.07. The first kappa shape index (κ1) is 15.2. The van der Waals surface area contributed by atoms with Crippen molar-refractivity contribution < 1.29 is 14.3 Å². The van der Waals surface area contributed by atoms with Crippen molar-refractivity contribution in [3.8, 4) is 5.88 Å². The standard InChI is InChI=1S/C15H17N5O3/c16-15(21)10-7-17-8-13(19-10)20-11-9-22-6-4-12(11)23-14-3-1-2-5-18-14/h1-3,5,7-8,11-12H,4,6,9H2,(H2,16,21)(H,19,20)/t11-,12-/m1/s1. The Morgan fingerprint density at radius 2 is 2.30 bits per heavy atom. The van der Waals surface area contributed by atoms with Crippen LogP contribution in [0.25, 0.3) is 0 Å². The second-order valence-corrected chi connectivity index (χ2v) is 5.09. The van der Waals surface area contributed by atoms with Crippen LogP contribution in [0.4, 0.5) is 5.82 Å². The maximum Gasteiger partial charge on any atom is 0.268 e. The first-order valence-corrected chi connectivity index (χ1v) is 7.26. The molecule has 3 N–H and O–H groups in total. The van der Waals surface area contributed by atoms with Crippen molar-refractivity contribution in [2.75, 3.05) is 18.5 Å². The van der Waals surface area contributed by atoms with Crippen LogP contribution < -0.4 is 15.8 Å². The van der Waals surface area contributed by atoms with E-state index in [0.29, 0.717) is 24.9 Å². The topological polar surface area (TPSA) is 112 Å². The molecule has 2 aromatic rings. The second-order valence-electron chi connectivity index (χ2n) is 5.09. The normalized spacial score (nSPS) is 20.7. The van der Waals surface area contributed by atoms with Crippen LogP contribution in [-0.4, -0.2) is 46.2 Å². The Bertz CT molecular complexity index is 667. The van der Waals surface area contributed by atoms with E-state index in [9.17, 15) is 4.79 Å². The van der Waals surface area contributed by atoms with Crippen LogP contribution in [0, 0.1) is 0 Å². The van der Waals surface area contributed by atoms with Gasteiger partial charge in [0, 0.05) is 18.7 Å². The molecule has 0 unspecified atom stereocenters. The number of rotatable bonds is 5. The van der Waals surface area contributed by atoms with E-state index in [2.05, 4.69) is 20.3 Å². The Morgan fingerprint density at radius 3 is 3.09 bits per heavy atom. The highest BCUT2D eigenvalue weighted by Crippen LogP contribution is 2.18. The molecule has 0 aromatic carbocycles. The van der Waals surface area contributed by atoms with Gasteiger partial charge in [0.25, 0.3) is 5.91 Å². The number of carbonyl (C=O) groups is 1. The van der Waals surface area contributed by atoms with Gasteiger partial charge in [0.15, 0.2) is 0 Å². The number of ether oxygens (including phenoxy) is 2. The van der Waals surface area contributed by atoms with E-state index in [4.69, 9.17) is 15.2 Å². The molecule has 0 bridgehead atoms. The zero-order valence-corrected chi connectivity index (χ0v) is 12.4. The molecule has 8 nitrogen and oxygen atoms in total. The summed E-state index contributed by atoms with van der Waals surface area (Å²) >= 11 is 0. The smallest absolute Gasteiger partial charge is 0.268 e. The average Bonchev–Trinajstić information content (AvgIpc) is 2.58. The predicted molar refractivity (Wildman–Crippen MR) is 82.0 cm³/mol. The van der Waals surface area contributed by atoms with Crippen molar-refractivity contribution in [1.29, 1.82) is 0 Å². The molecule has 0 aliphatic carbocycles. The second kappa shape index (κ2) is 7.01. The van der Waals surface area contributed by atoms with Gasteiger partial charge < -0.3 is 20.5 Å². The van der Waals surface area contributed by atoms with Crippen molar-refractivity contribution in [2.45, 2.75) is 18.6 Å². The minimum atomic E-state index is -0.623. The summed E-state index contributed by atoms with van der Waals surface area (Å²) in [5.41, 5.74) is 5.32. The van der Waals surface area contributed by atoms with Crippen molar-refractivity contribution >= 4 is 11.7 Å². The molecule has 1 aliphatic rings. The van der Waals surface area contributed by atoms with Gasteiger partial charge in [0.05, 0.1) is 31.6 Å². The molecule has 2 aromatic heterocycles. The summed E-state index contributed by atoms with van der Waals surface area (Å²) in [7, 11) is 0. The number of nitrogens with one attached hydrogen (secondary N) is 1. The highest BCUT2D eigenvalue weighted by molar-refractivity contribution is 5.90. The van der Waals surface area contributed by atoms with Crippen LogP contribution in [0.3, 0.4) is 0 Å². The highest BCUT2D eigenvalue weighted by atomic mass is 16.5. The molecule has 3 heterocycles. The van der Waals surface area contributed by atoms with Gasteiger partial charge in [0.2, 0.25) is 5.88 Å². The van der Waals surface area contributed by atoms with E-state index in [1.54, 1.807) is 12.3 Å². The molecule has 0 radical (unpaired) electrons. The number of hydrogen-bond donors (Lipinski definition) is 2. The van der Waals surface area contributed by atoms with Crippen molar-refractivity contribution in [2.24, 2.45) is 5.73 Å². The number of carbonyl (C=O) groups excluding carboxylic acids is 1. The molecule has 2 atom stereocenters. The number of hydrogen-bond acceptors (Lipinski definition) is 7. The Kier molecular flexibility index (Phi) is 4.62. The van der Waals surface area contributed by atoms with Gasteiger partial charge in [-0.1, -0.05) is 6.07 Å². The number of anilines is 1. The summed E-state index contributed by atoms with van der Waals surface area (Å²) in [6.07, 6.45) is 5.12. The van der Waals surface area contributed by atoms with E-state index in [0.717, 1.165) is 6.42 Å². The quantitative estimate of drug-likeness (QED) is 0.831. The van der Waals surface area contributed by atoms with Crippen molar-refractivity contribution in [3.05, 3.63) is 42.5 Å². The minimum absolute atomic E-state index is 0.105. The fourth-order valence-electron chi connectivity index (χ4n) is 2.31. The molecule has 3 rings (SSSR count). The number of amides is 1. The molecule has 0 saturated carbocycles. The summed E-state index contributed by atoms with van der Waals surface area (Å²) in [5.74, 6) is 0.386. The first-order valence-electron chi connectivity index (χ1n) is 7.26. The summed E-state index contributed by atoms with van der Waals surface area (Å²) in [6, 6.07) is 5.37. The lowest BCUT2D eigenvalue weighted by Crippen LogP contribution is -2.46. The van der Waals surface area contributed by atoms with E-state index in [1.165, 1.54) is 12.4 Å². The maximum atomic E-state index is 11.2. The average molecular weight is 315 g/mol. The van der Waals surface area contributed by atoms with E-state index in [1.807, 2.05) is 12.1 Å². The Balaban J connectivity index is 1.71. The highest BCUT2D eigenvalue weighted by Gasteiger charge is 2.28. The zero-order chi connectivity index (χ0) is 16.1. The van der Waals surface area contributed by atoms with Crippen LogP contribution in [-0.2, 0) is 4.74 Å². The van der Waals surface area contributed by atoms with Gasteiger partial charge in [-0.3, -0.25) is 9.78 Å². The molecule has 0 spiro atoms. The lowest BCUT2D eigenvalue weighted by molar-refractivity contribution is 0.0129. The van der Waals surface area contributed by atoms with Crippen LogP contribution in [0.15, 0.2) is 36.8 Å². The van der Waals surface area contributed by atoms with E-state index < -0.39 is 5.91 Å². The fraction of sp³-hybridized carbons (Fsp3) is 0.333. The monoisotopic (exact) mass is 315 g/mol. The molecular weight excluding hydrogens is 298 g/mol. The third-order valence-electron chi connectivity index (χ3n) is 3.42. The van der Waals surface area contributed by atoms with Crippen LogP contribution >= 0.6 is 0 Å². The van der Waals surface area contributed by atoms with E-state index in [-0.39, 0.29) is 17.8 Å². The van der Waals surface area contributed by atoms with Crippen LogP contribution in [0.5, 0.6) is 5.88 Å². The third-order valence-corrected chi connectivity index (χ3v) is 3.42. The van der Waals surface area contributed by atoms with Gasteiger partial charge in [-0.25, -0.2) is 9.97 Å². The molecule has 23 heavy (non-hydrogen) atoms. The van der Waals surface area contributed by atoms with Gasteiger partial charge in [0.1, 0.15) is 17.6 Å². The first-order chi connectivity index (χ1) is 11.2. The lowest BCUT2D eigenvalue weighted by Gasteiger charge is -2.32. The van der Waals surface area contributed by atoms with Crippen LogP contribution in [0.2, 0.25) is 0 Å². The van der Waals surface area contributed by atoms with Crippen LogP contribution in [0.1, 0.15) is 16.9 Å². The largest absolute Gasteiger partial charge is 0.472 e. The molecule has 8 heteroatoms. The number of nitrogens with zero attached hydrogens (tertiary/aromatic N) is 3. The maximum absolute atomic E-state index is 11.2. The Labute approximate surface area is 133 Å². The summed E-state index contributed by atoms with van der Waals surface area (Å²) < 4.78 is 11.4. The Morgan fingerprint density at radius 1 is 1.39 bits per heavy atom. The zero-order valence-electron chi connectivity index (χ0n) is 12.4. The van der Waals surface area contributed by atoms with Crippen molar-refractivity contribution in [1.82, 2.24) is 15.0 Å². The number of nitrogens with two attached hydrogens (primary N) is 1. The molecule has 1 aliphatic heterocycles. The lowest BCUT2D eigenvalue weighted by atomic mass is 10.1. The van der Waals surface area contributed by atoms with Gasteiger partial charge >= 0.3 is 0 Å². The predicted octanol–water partition coefficient (Wildman–Crippen LogP) is 0.619. The molecular formula is C15H17N5O3. The molecule has 1 fully saturated rings. The number of aromatic nitrogens is 3. The van der Waals surface area contributed by atoms with E-state index >= 15 is 0 Å². The molecule has 1 saturated heterocycles. The summed E-state index contributed by atoms with van der Waals surface area (Å²) in [5, 5.41) is 3.19. The SMILES string of the molecule is NC(=O)c1cncc(N[C@@H]2COCC[C@H]2Oc2ccccn2)n1. The fourth-order valence-corrected chi connectivity index (χ4v) is 2.31. The third kappa shape index (κ3) is 3.92. The van der Waals surface area contributed by atoms with Gasteiger partial charge in [-0.2, -0.15) is 0 Å². The molecule has 1 amide bonds. The minimum Gasteiger partial charge on any atom is -0.472 e.